The second kappa shape index (κ2) is 5.49. The zero-order valence-corrected chi connectivity index (χ0v) is 13.1. The van der Waals surface area contributed by atoms with Gasteiger partial charge >= 0.3 is 0 Å². The van der Waals surface area contributed by atoms with Crippen molar-refractivity contribution in [1.82, 2.24) is 9.97 Å². The maximum absolute atomic E-state index is 4.74. The van der Waals surface area contributed by atoms with Crippen LogP contribution in [0.2, 0.25) is 0 Å². The number of hydrogen-bond acceptors (Lipinski definition) is 3. The summed E-state index contributed by atoms with van der Waals surface area (Å²) in [6.45, 7) is 2.37. The van der Waals surface area contributed by atoms with Crippen LogP contribution < -0.4 is 0 Å². The average Bonchev–Trinajstić information content (AvgIpc) is 3.11. The maximum Gasteiger partial charge on any atom is 0.134 e. The van der Waals surface area contributed by atoms with Gasteiger partial charge in [-0.15, -0.1) is 11.8 Å². The van der Waals surface area contributed by atoms with Gasteiger partial charge in [0.2, 0.25) is 0 Å². The highest BCUT2D eigenvalue weighted by molar-refractivity contribution is 9.10. The van der Waals surface area contributed by atoms with E-state index in [1.54, 1.807) is 0 Å². The highest BCUT2D eigenvalue weighted by Crippen LogP contribution is 2.40. The fraction of sp³-hybridized carbons (Fsp3) is 0.714. The van der Waals surface area contributed by atoms with Crippen LogP contribution in [0.25, 0.3) is 0 Å². The second-order valence-corrected chi connectivity index (χ2v) is 7.81. The molecule has 0 aliphatic heterocycles. The fourth-order valence-electron chi connectivity index (χ4n) is 2.65. The molecule has 18 heavy (non-hydrogen) atoms. The Morgan fingerprint density at radius 3 is 2.78 bits per heavy atom. The van der Waals surface area contributed by atoms with E-state index in [0.29, 0.717) is 5.92 Å². The largest absolute Gasteiger partial charge is 0.226 e. The third-order valence-electron chi connectivity index (χ3n) is 3.81. The van der Waals surface area contributed by atoms with Gasteiger partial charge in [0, 0.05) is 17.2 Å². The summed E-state index contributed by atoms with van der Waals surface area (Å²) in [5.41, 5.74) is 0. The molecule has 2 unspecified atom stereocenters. The molecular formula is C14H19BrN2S. The minimum absolute atomic E-state index is 0.632. The third kappa shape index (κ3) is 3.27. The van der Waals surface area contributed by atoms with Gasteiger partial charge in [0.15, 0.2) is 0 Å². The van der Waals surface area contributed by atoms with Crippen molar-refractivity contribution >= 4 is 27.7 Å². The van der Waals surface area contributed by atoms with E-state index in [9.17, 15) is 0 Å². The molecule has 2 atom stereocenters. The maximum atomic E-state index is 4.74. The van der Waals surface area contributed by atoms with Crippen LogP contribution >= 0.6 is 27.7 Å². The van der Waals surface area contributed by atoms with Crippen molar-refractivity contribution in [3.8, 4) is 0 Å². The Labute approximate surface area is 121 Å². The van der Waals surface area contributed by atoms with Gasteiger partial charge in [0.1, 0.15) is 15.5 Å². The third-order valence-corrected chi connectivity index (χ3v) is 5.43. The number of halogens is 1. The normalized spacial score (nSPS) is 28.3. The van der Waals surface area contributed by atoms with Crippen molar-refractivity contribution in [2.75, 3.05) is 0 Å². The van der Waals surface area contributed by atoms with Gasteiger partial charge in [-0.05, 0) is 47.5 Å². The smallest absolute Gasteiger partial charge is 0.134 e. The number of rotatable bonds is 3. The zero-order valence-electron chi connectivity index (χ0n) is 10.7. The van der Waals surface area contributed by atoms with Crippen molar-refractivity contribution < 1.29 is 0 Å². The summed E-state index contributed by atoms with van der Waals surface area (Å²) < 4.78 is 0.950. The van der Waals surface area contributed by atoms with Crippen LogP contribution in [0.1, 0.15) is 57.2 Å². The summed E-state index contributed by atoms with van der Waals surface area (Å²) >= 11 is 5.48. The Kier molecular flexibility index (Phi) is 3.94. The Morgan fingerprint density at radius 2 is 2.06 bits per heavy atom. The molecule has 0 radical (unpaired) electrons. The minimum Gasteiger partial charge on any atom is -0.226 e. The zero-order chi connectivity index (χ0) is 12.5. The molecule has 2 nitrogen and oxygen atoms in total. The van der Waals surface area contributed by atoms with Crippen LogP contribution in [0.4, 0.5) is 0 Å². The molecule has 98 valence electrons. The van der Waals surface area contributed by atoms with E-state index in [-0.39, 0.29) is 0 Å². The molecule has 1 aromatic heterocycles. The molecule has 2 aliphatic rings. The van der Waals surface area contributed by atoms with Crippen molar-refractivity contribution in [1.29, 1.82) is 0 Å². The van der Waals surface area contributed by atoms with Gasteiger partial charge in [-0.25, -0.2) is 9.97 Å². The quantitative estimate of drug-likeness (QED) is 0.747. The summed E-state index contributed by atoms with van der Waals surface area (Å²) in [6.07, 6.45) is 7.99. The molecule has 2 saturated carbocycles. The van der Waals surface area contributed by atoms with Crippen LogP contribution in [-0.4, -0.2) is 15.2 Å². The number of aromatic nitrogens is 2. The van der Waals surface area contributed by atoms with Crippen LogP contribution in [0.15, 0.2) is 15.7 Å². The average molecular weight is 327 g/mol. The Balaban J connectivity index is 1.71. The molecule has 0 aromatic carbocycles. The van der Waals surface area contributed by atoms with E-state index in [1.807, 2.05) is 11.8 Å². The predicted molar refractivity (Wildman–Crippen MR) is 79.0 cm³/mol. The Bertz CT molecular complexity index is 434. The van der Waals surface area contributed by atoms with Gasteiger partial charge in [-0.1, -0.05) is 19.8 Å². The van der Waals surface area contributed by atoms with Crippen LogP contribution in [0.3, 0.4) is 0 Å². The number of hydrogen-bond donors (Lipinski definition) is 0. The molecule has 2 fully saturated rings. The number of nitrogens with zero attached hydrogens (tertiary/aromatic N) is 2. The lowest BCUT2D eigenvalue weighted by molar-refractivity contribution is 0.394. The highest BCUT2D eigenvalue weighted by atomic mass is 79.9. The Hall–Kier alpha value is -0.0900. The molecule has 1 aromatic rings. The van der Waals surface area contributed by atoms with Gasteiger partial charge in [-0.2, -0.15) is 0 Å². The van der Waals surface area contributed by atoms with E-state index < -0.39 is 0 Å². The standard InChI is InChI=1S/C14H19BrN2S/c1-9-3-2-4-11(7-9)18-13-8-12(15)16-14(17-13)10-5-6-10/h8-11H,2-7H2,1H3. The highest BCUT2D eigenvalue weighted by Gasteiger charge is 2.28. The molecule has 4 heteroatoms. The fourth-order valence-corrected chi connectivity index (χ4v) is 4.58. The SMILES string of the molecule is CC1CCCC(Sc2cc(Br)nc(C3CC3)n2)C1. The van der Waals surface area contributed by atoms with Crippen LogP contribution in [0, 0.1) is 5.92 Å². The molecule has 0 N–H and O–H groups in total. The molecule has 1 heterocycles. The van der Waals surface area contributed by atoms with Gasteiger partial charge in [0.05, 0.1) is 0 Å². The van der Waals surface area contributed by atoms with Crippen LogP contribution in [-0.2, 0) is 0 Å². The summed E-state index contributed by atoms with van der Waals surface area (Å²) in [6, 6.07) is 2.08. The summed E-state index contributed by atoms with van der Waals surface area (Å²) in [4.78, 5) is 9.23. The van der Waals surface area contributed by atoms with E-state index in [0.717, 1.165) is 26.6 Å². The lowest BCUT2D eigenvalue weighted by Crippen LogP contribution is -2.15. The molecule has 0 amide bonds. The van der Waals surface area contributed by atoms with Crippen molar-refractivity contribution in [3.05, 3.63) is 16.5 Å². The van der Waals surface area contributed by atoms with Gasteiger partial charge in [-0.3, -0.25) is 0 Å². The van der Waals surface area contributed by atoms with Crippen LogP contribution in [0.5, 0.6) is 0 Å². The predicted octanol–water partition coefficient (Wildman–Crippen LogP) is 4.79. The monoisotopic (exact) mass is 326 g/mol. The van der Waals surface area contributed by atoms with E-state index in [4.69, 9.17) is 4.98 Å². The minimum atomic E-state index is 0.632. The molecule has 0 spiro atoms. The topological polar surface area (TPSA) is 25.8 Å². The van der Waals surface area contributed by atoms with Gasteiger partial charge < -0.3 is 0 Å². The van der Waals surface area contributed by atoms with E-state index >= 15 is 0 Å². The van der Waals surface area contributed by atoms with E-state index in [2.05, 4.69) is 33.9 Å². The lowest BCUT2D eigenvalue weighted by atomic mass is 9.91. The van der Waals surface area contributed by atoms with E-state index in [1.165, 1.54) is 38.5 Å². The Morgan fingerprint density at radius 1 is 1.22 bits per heavy atom. The van der Waals surface area contributed by atoms with Crippen molar-refractivity contribution in [2.24, 2.45) is 5.92 Å². The van der Waals surface area contributed by atoms with Crippen molar-refractivity contribution in [2.45, 2.75) is 61.6 Å². The first-order chi connectivity index (χ1) is 8.70. The summed E-state index contributed by atoms with van der Waals surface area (Å²) in [5.74, 6) is 2.56. The molecule has 0 bridgehead atoms. The summed E-state index contributed by atoms with van der Waals surface area (Å²) in [5, 5.41) is 1.92. The second-order valence-electron chi connectivity index (χ2n) is 5.67. The lowest BCUT2D eigenvalue weighted by Gasteiger charge is -2.25. The molecule has 0 saturated heterocycles. The first-order valence-electron chi connectivity index (χ1n) is 6.92. The molecule has 3 rings (SSSR count). The van der Waals surface area contributed by atoms with Crippen molar-refractivity contribution in [3.63, 3.8) is 0 Å². The van der Waals surface area contributed by atoms with Gasteiger partial charge in [0.25, 0.3) is 0 Å². The molecular weight excluding hydrogens is 308 g/mol. The number of thioether (sulfide) groups is 1. The first-order valence-corrected chi connectivity index (χ1v) is 8.59. The first kappa shape index (κ1) is 12.9. The summed E-state index contributed by atoms with van der Waals surface area (Å²) in [7, 11) is 0. The molecule has 2 aliphatic carbocycles.